The summed E-state index contributed by atoms with van der Waals surface area (Å²) in [5, 5.41) is 16.9. The Kier molecular flexibility index (Phi) is 6.75. The zero-order valence-electron chi connectivity index (χ0n) is 19.6. The number of benzene rings is 1. The van der Waals surface area contributed by atoms with Gasteiger partial charge in [-0.1, -0.05) is 30.3 Å². The topological polar surface area (TPSA) is 121 Å². The van der Waals surface area contributed by atoms with Gasteiger partial charge in [-0.3, -0.25) is 4.68 Å². The minimum absolute atomic E-state index is 0.424. The highest BCUT2D eigenvalue weighted by Gasteiger charge is 2.21. The Balaban J connectivity index is 1.16. The summed E-state index contributed by atoms with van der Waals surface area (Å²) in [6, 6.07) is 10.3. The van der Waals surface area contributed by atoms with Crippen LogP contribution in [0.15, 0.2) is 61.4 Å². The summed E-state index contributed by atoms with van der Waals surface area (Å²) in [5.41, 5.74) is 3.10. The normalized spacial score (nSPS) is 14.7. The van der Waals surface area contributed by atoms with Crippen LogP contribution in [0.3, 0.4) is 0 Å². The van der Waals surface area contributed by atoms with Crippen LogP contribution in [0.2, 0.25) is 0 Å². The summed E-state index contributed by atoms with van der Waals surface area (Å²) < 4.78 is 1.67. The maximum absolute atomic E-state index is 9.51. The van der Waals surface area contributed by atoms with Crippen molar-refractivity contribution in [2.75, 3.05) is 41.3 Å². The zero-order valence-corrected chi connectivity index (χ0v) is 19.6. The van der Waals surface area contributed by atoms with E-state index >= 15 is 0 Å². The Morgan fingerprint density at radius 3 is 2.31 bits per heavy atom. The molecule has 0 radical (unpaired) electrons. The molecule has 0 bridgehead atoms. The number of rotatable bonds is 8. The van der Waals surface area contributed by atoms with E-state index in [1.54, 1.807) is 24.0 Å². The van der Waals surface area contributed by atoms with Gasteiger partial charge in [0.1, 0.15) is 6.33 Å². The van der Waals surface area contributed by atoms with Gasteiger partial charge in [0.25, 0.3) is 0 Å². The van der Waals surface area contributed by atoms with Gasteiger partial charge < -0.3 is 20.2 Å². The first-order chi connectivity index (χ1) is 17.1. The summed E-state index contributed by atoms with van der Waals surface area (Å²) in [7, 11) is 0. The summed E-state index contributed by atoms with van der Waals surface area (Å²) in [6.45, 7) is 5.21. The van der Waals surface area contributed by atoms with E-state index in [0.717, 1.165) is 49.8 Å². The first-order valence-electron chi connectivity index (χ1n) is 11.6. The minimum Gasteiger partial charge on any atom is -0.391 e. The number of piperazine rings is 1. The number of aliphatic hydroxyl groups excluding tert-OH is 1. The third-order valence-corrected chi connectivity index (χ3v) is 5.69. The number of anilines is 4. The van der Waals surface area contributed by atoms with E-state index < -0.39 is 6.10 Å². The van der Waals surface area contributed by atoms with Crippen LogP contribution in [0.1, 0.15) is 18.1 Å². The summed E-state index contributed by atoms with van der Waals surface area (Å²) in [6.07, 6.45) is 9.17. The number of aromatic nitrogens is 7. The Labute approximate surface area is 203 Å². The van der Waals surface area contributed by atoms with Gasteiger partial charge in [-0.25, -0.2) is 19.9 Å². The molecule has 180 valence electrons. The average molecular weight is 473 g/mol. The number of nitrogens with zero attached hydrogens (tertiary/aromatic N) is 9. The molecule has 11 nitrogen and oxygen atoms in total. The highest BCUT2D eigenvalue weighted by molar-refractivity contribution is 5.51. The van der Waals surface area contributed by atoms with Crippen molar-refractivity contribution in [1.29, 1.82) is 0 Å². The monoisotopic (exact) mass is 472 g/mol. The van der Waals surface area contributed by atoms with Crippen molar-refractivity contribution in [1.82, 2.24) is 34.7 Å². The maximum atomic E-state index is 9.51. The lowest BCUT2D eigenvalue weighted by atomic mass is 10.1. The molecule has 0 spiro atoms. The molecule has 1 aliphatic heterocycles. The average Bonchev–Trinajstić information content (AvgIpc) is 3.31. The maximum Gasteiger partial charge on any atom is 0.232 e. The first-order valence-corrected chi connectivity index (χ1v) is 11.6. The third kappa shape index (κ3) is 5.87. The van der Waals surface area contributed by atoms with Crippen LogP contribution in [0.4, 0.5) is 23.5 Å². The number of aliphatic hydroxyl groups is 1. The fraction of sp³-hybridized carbons (Fsp3) is 0.333. The van der Waals surface area contributed by atoms with E-state index in [1.807, 2.05) is 30.6 Å². The van der Waals surface area contributed by atoms with E-state index in [2.05, 4.69) is 57.3 Å². The standard InChI is InChI=1S/C24H28N10O/c1-18(35)15-34-16-21(14-29-34)30-22-27-17-28-24(31-22)33-9-7-32(8-10-33)23-25-12-20(13-26-23)11-19-5-3-2-4-6-19/h2-6,12-14,16-18,35H,7-11,15H2,1H3,(H,27,28,30,31). The summed E-state index contributed by atoms with van der Waals surface area (Å²) >= 11 is 0. The van der Waals surface area contributed by atoms with Crippen molar-refractivity contribution < 1.29 is 5.11 Å². The molecular formula is C24H28N10O. The Morgan fingerprint density at radius 1 is 0.886 bits per heavy atom. The molecule has 1 atom stereocenters. The Morgan fingerprint density at radius 2 is 1.60 bits per heavy atom. The quantitative estimate of drug-likeness (QED) is 0.393. The van der Waals surface area contributed by atoms with Crippen molar-refractivity contribution in [2.24, 2.45) is 0 Å². The molecule has 0 amide bonds. The van der Waals surface area contributed by atoms with Crippen LogP contribution < -0.4 is 15.1 Å². The van der Waals surface area contributed by atoms with Crippen molar-refractivity contribution in [3.05, 3.63) is 72.6 Å². The molecule has 0 saturated carbocycles. The predicted octanol–water partition coefficient (Wildman–Crippen LogP) is 1.90. The second kappa shape index (κ2) is 10.4. The summed E-state index contributed by atoms with van der Waals surface area (Å²) in [4.78, 5) is 26.7. The second-order valence-electron chi connectivity index (χ2n) is 8.56. The zero-order chi connectivity index (χ0) is 24.0. The molecule has 1 aliphatic rings. The molecule has 0 aliphatic carbocycles. The second-order valence-corrected chi connectivity index (χ2v) is 8.56. The molecule has 4 heterocycles. The number of hydrogen-bond acceptors (Lipinski definition) is 10. The van der Waals surface area contributed by atoms with Crippen molar-refractivity contribution in [3.8, 4) is 0 Å². The van der Waals surface area contributed by atoms with E-state index in [0.29, 0.717) is 18.4 Å². The van der Waals surface area contributed by atoms with Gasteiger partial charge in [-0.2, -0.15) is 10.1 Å². The molecule has 1 aromatic carbocycles. The Bertz CT molecular complexity index is 1220. The van der Waals surface area contributed by atoms with E-state index in [1.165, 1.54) is 11.9 Å². The van der Waals surface area contributed by atoms with Crippen LogP contribution in [0.25, 0.3) is 0 Å². The first kappa shape index (κ1) is 22.7. The van der Waals surface area contributed by atoms with Crippen LogP contribution in [0, 0.1) is 0 Å². The molecule has 11 heteroatoms. The van der Waals surface area contributed by atoms with E-state index in [4.69, 9.17) is 0 Å². The van der Waals surface area contributed by atoms with E-state index in [9.17, 15) is 5.11 Å². The van der Waals surface area contributed by atoms with Crippen LogP contribution in [-0.4, -0.2) is 72.1 Å². The lowest BCUT2D eigenvalue weighted by Crippen LogP contribution is -2.47. The fourth-order valence-electron chi connectivity index (χ4n) is 3.97. The fourth-order valence-corrected chi connectivity index (χ4v) is 3.97. The molecule has 1 saturated heterocycles. The third-order valence-electron chi connectivity index (χ3n) is 5.69. The molecule has 4 aromatic rings. The lowest BCUT2D eigenvalue weighted by Gasteiger charge is -2.34. The molecule has 2 N–H and O–H groups in total. The molecule has 3 aromatic heterocycles. The molecular weight excluding hydrogens is 444 g/mol. The van der Waals surface area contributed by atoms with E-state index in [-0.39, 0.29) is 0 Å². The van der Waals surface area contributed by atoms with Crippen molar-refractivity contribution in [2.45, 2.75) is 26.0 Å². The van der Waals surface area contributed by atoms with Gasteiger partial charge in [0, 0.05) is 51.2 Å². The number of nitrogens with one attached hydrogen (secondary N) is 1. The summed E-state index contributed by atoms with van der Waals surface area (Å²) in [5.74, 6) is 1.82. The molecule has 5 rings (SSSR count). The predicted molar refractivity (Wildman–Crippen MR) is 133 cm³/mol. The van der Waals surface area contributed by atoms with Crippen molar-refractivity contribution >= 4 is 23.5 Å². The Hall–Kier alpha value is -4.12. The molecule has 1 fully saturated rings. The van der Waals surface area contributed by atoms with Gasteiger partial charge in [0.05, 0.1) is 24.5 Å². The van der Waals surface area contributed by atoms with Gasteiger partial charge in [0.15, 0.2) is 0 Å². The van der Waals surface area contributed by atoms with Gasteiger partial charge in [0.2, 0.25) is 17.8 Å². The van der Waals surface area contributed by atoms with Gasteiger partial charge >= 0.3 is 0 Å². The largest absolute Gasteiger partial charge is 0.391 e. The lowest BCUT2D eigenvalue weighted by molar-refractivity contribution is 0.168. The minimum atomic E-state index is -0.470. The van der Waals surface area contributed by atoms with Crippen LogP contribution in [0.5, 0.6) is 0 Å². The smallest absolute Gasteiger partial charge is 0.232 e. The highest BCUT2D eigenvalue weighted by atomic mass is 16.3. The number of hydrogen-bond donors (Lipinski definition) is 2. The molecule has 35 heavy (non-hydrogen) atoms. The highest BCUT2D eigenvalue weighted by Crippen LogP contribution is 2.18. The van der Waals surface area contributed by atoms with Crippen LogP contribution >= 0.6 is 0 Å². The van der Waals surface area contributed by atoms with Crippen LogP contribution in [-0.2, 0) is 13.0 Å². The van der Waals surface area contributed by atoms with Gasteiger partial charge in [-0.15, -0.1) is 0 Å². The van der Waals surface area contributed by atoms with Gasteiger partial charge in [-0.05, 0) is 18.1 Å². The SMILES string of the molecule is CC(O)Cn1cc(Nc2ncnc(N3CCN(c4ncc(Cc5ccccc5)cn4)CC3)n2)cn1. The molecule has 1 unspecified atom stereocenters. The van der Waals surface area contributed by atoms with Crippen molar-refractivity contribution in [3.63, 3.8) is 0 Å².